The van der Waals surface area contributed by atoms with Crippen LogP contribution in [0.2, 0.25) is 0 Å². The summed E-state index contributed by atoms with van der Waals surface area (Å²) in [5.41, 5.74) is 2.80. The molecule has 1 heterocycles. The minimum absolute atomic E-state index is 0.106. The topological polar surface area (TPSA) is 94.9 Å². The molecule has 0 aliphatic carbocycles. The minimum Gasteiger partial charge on any atom is -0.326 e. The highest BCUT2D eigenvalue weighted by atomic mass is 19.4. The molecule has 29 heavy (non-hydrogen) atoms. The Labute approximate surface area is 163 Å². The molecule has 1 aliphatic heterocycles. The summed E-state index contributed by atoms with van der Waals surface area (Å²) < 4.78 is 37.7. The normalized spacial score (nSPS) is 16.4. The smallest absolute Gasteiger partial charge is 0.326 e. The molecular weight excluding hydrogens is 387 g/mol. The number of aliphatic imine (C=N–C) groups is 1. The van der Waals surface area contributed by atoms with Crippen molar-refractivity contribution in [2.45, 2.75) is 18.6 Å². The van der Waals surface area contributed by atoms with Crippen LogP contribution in [-0.2, 0) is 15.8 Å². The van der Waals surface area contributed by atoms with Gasteiger partial charge in [-0.2, -0.15) is 18.3 Å². The van der Waals surface area contributed by atoms with Crippen LogP contribution >= 0.6 is 0 Å². The first kappa shape index (κ1) is 20.1. The largest absolute Gasteiger partial charge is 0.416 e. The number of nitrogens with one attached hydrogen (secondary N) is 3. The number of halogens is 3. The Kier molecular flexibility index (Phi) is 5.91. The number of hydrogen-bond donors (Lipinski definition) is 3. The van der Waals surface area contributed by atoms with Crippen LogP contribution in [0.15, 0.2) is 64.7 Å². The van der Waals surface area contributed by atoms with Gasteiger partial charge in [0.05, 0.1) is 18.2 Å². The maximum Gasteiger partial charge on any atom is 0.416 e. The molecule has 3 rings (SSSR count). The lowest BCUT2D eigenvalue weighted by Crippen LogP contribution is -2.35. The Morgan fingerprint density at radius 1 is 1.14 bits per heavy atom. The van der Waals surface area contributed by atoms with Crippen molar-refractivity contribution >= 4 is 29.7 Å². The quantitative estimate of drug-likeness (QED) is 0.529. The van der Waals surface area contributed by atoms with E-state index in [1.807, 2.05) is 30.3 Å². The molecule has 3 N–H and O–H groups in total. The van der Waals surface area contributed by atoms with Crippen LogP contribution in [0.5, 0.6) is 0 Å². The number of anilines is 1. The van der Waals surface area contributed by atoms with Crippen molar-refractivity contribution in [1.29, 1.82) is 0 Å². The lowest BCUT2D eigenvalue weighted by atomic mass is 10.1. The summed E-state index contributed by atoms with van der Waals surface area (Å²) in [6.45, 7) is 0. The molecule has 2 aromatic carbocycles. The molecular formula is C19H16F3N5O2. The summed E-state index contributed by atoms with van der Waals surface area (Å²) in [7, 11) is 0. The van der Waals surface area contributed by atoms with Gasteiger partial charge in [0.2, 0.25) is 11.9 Å². The number of guanidine groups is 1. The van der Waals surface area contributed by atoms with Crippen molar-refractivity contribution in [3.05, 3.63) is 65.7 Å². The van der Waals surface area contributed by atoms with E-state index in [9.17, 15) is 22.8 Å². The summed E-state index contributed by atoms with van der Waals surface area (Å²) in [6, 6.07) is 12.3. The second-order valence-electron chi connectivity index (χ2n) is 6.09. The Balaban J connectivity index is 1.53. The van der Waals surface area contributed by atoms with E-state index in [2.05, 4.69) is 26.2 Å². The van der Waals surface area contributed by atoms with Gasteiger partial charge in [0.1, 0.15) is 6.04 Å². The molecule has 2 amide bonds. The van der Waals surface area contributed by atoms with Crippen molar-refractivity contribution in [2.24, 2.45) is 10.1 Å². The number of benzene rings is 2. The molecule has 0 bridgehead atoms. The van der Waals surface area contributed by atoms with Gasteiger partial charge in [0.15, 0.2) is 0 Å². The highest BCUT2D eigenvalue weighted by Gasteiger charge is 2.30. The first-order valence-electron chi connectivity index (χ1n) is 8.51. The lowest BCUT2D eigenvalue weighted by molar-refractivity contribution is -0.137. The van der Waals surface area contributed by atoms with Crippen molar-refractivity contribution < 1.29 is 22.8 Å². The number of rotatable bonds is 5. The van der Waals surface area contributed by atoms with E-state index in [-0.39, 0.29) is 18.1 Å². The zero-order valence-electron chi connectivity index (χ0n) is 14.9. The predicted molar refractivity (Wildman–Crippen MR) is 101 cm³/mol. The summed E-state index contributed by atoms with van der Waals surface area (Å²) in [5, 5.41) is 8.86. The van der Waals surface area contributed by atoms with Gasteiger partial charge in [-0.25, -0.2) is 10.4 Å². The number of alkyl halides is 3. The third kappa shape index (κ3) is 5.64. The number of carbonyl (C=O) groups is 2. The van der Waals surface area contributed by atoms with Crippen LogP contribution in [-0.4, -0.2) is 30.0 Å². The van der Waals surface area contributed by atoms with Gasteiger partial charge < -0.3 is 5.32 Å². The van der Waals surface area contributed by atoms with E-state index in [0.29, 0.717) is 0 Å². The molecule has 0 unspecified atom stereocenters. The molecule has 1 atom stereocenters. The summed E-state index contributed by atoms with van der Waals surface area (Å²) in [6.07, 6.45) is -3.18. The standard InChI is InChI=1S/C19H16F3N5O2/c20-19(21,22)13-6-8-14(9-7-13)24-16(28)10-15-17(29)26-18(25-15)27-23-11-12-4-2-1-3-5-12/h1-9,11,15H,10H2,(H,24,28)(H2,25,26,27,29)/b23-11-/t15-/m1/s1. The molecule has 2 aromatic rings. The fourth-order valence-corrected chi connectivity index (χ4v) is 2.48. The summed E-state index contributed by atoms with van der Waals surface area (Å²) in [4.78, 5) is 28.1. The van der Waals surface area contributed by atoms with Crippen LogP contribution in [0, 0.1) is 0 Å². The summed E-state index contributed by atoms with van der Waals surface area (Å²) in [5.74, 6) is -0.929. The fraction of sp³-hybridized carbons (Fsp3) is 0.158. The van der Waals surface area contributed by atoms with E-state index in [1.54, 1.807) is 6.21 Å². The molecule has 1 aliphatic rings. The molecule has 150 valence electrons. The maximum atomic E-state index is 12.6. The molecule has 0 saturated carbocycles. The van der Waals surface area contributed by atoms with Crippen molar-refractivity contribution in [2.75, 3.05) is 5.32 Å². The third-order valence-electron chi connectivity index (χ3n) is 3.89. The van der Waals surface area contributed by atoms with Gasteiger partial charge in [-0.15, -0.1) is 0 Å². The van der Waals surface area contributed by atoms with Gasteiger partial charge in [-0.3, -0.25) is 14.9 Å². The number of carbonyl (C=O) groups excluding carboxylic acids is 2. The van der Waals surface area contributed by atoms with Crippen LogP contribution in [0.25, 0.3) is 0 Å². The third-order valence-corrected chi connectivity index (χ3v) is 3.89. The van der Waals surface area contributed by atoms with Crippen molar-refractivity contribution in [3.8, 4) is 0 Å². The van der Waals surface area contributed by atoms with E-state index in [4.69, 9.17) is 0 Å². The second-order valence-corrected chi connectivity index (χ2v) is 6.09. The average Bonchev–Trinajstić information content (AvgIpc) is 3.01. The number of hydrazone groups is 1. The highest BCUT2D eigenvalue weighted by molar-refractivity contribution is 6.07. The second kappa shape index (κ2) is 8.55. The van der Waals surface area contributed by atoms with Crippen LogP contribution in [0.1, 0.15) is 17.5 Å². The van der Waals surface area contributed by atoms with Crippen molar-refractivity contribution in [3.63, 3.8) is 0 Å². The van der Waals surface area contributed by atoms with Crippen molar-refractivity contribution in [1.82, 2.24) is 10.7 Å². The van der Waals surface area contributed by atoms with Gasteiger partial charge in [-0.05, 0) is 29.8 Å². The molecule has 0 saturated heterocycles. The molecule has 7 nitrogen and oxygen atoms in total. The zero-order chi connectivity index (χ0) is 20.9. The Bertz CT molecular complexity index is 941. The number of amides is 2. The van der Waals surface area contributed by atoms with E-state index >= 15 is 0 Å². The Morgan fingerprint density at radius 3 is 2.48 bits per heavy atom. The predicted octanol–water partition coefficient (Wildman–Crippen LogP) is 2.51. The van der Waals surface area contributed by atoms with E-state index in [0.717, 1.165) is 29.8 Å². The zero-order valence-corrected chi connectivity index (χ0v) is 14.9. The van der Waals surface area contributed by atoms with Gasteiger partial charge in [-0.1, -0.05) is 30.3 Å². The van der Waals surface area contributed by atoms with Gasteiger partial charge in [0, 0.05) is 5.69 Å². The first-order chi connectivity index (χ1) is 13.8. The monoisotopic (exact) mass is 403 g/mol. The molecule has 0 spiro atoms. The number of hydrogen-bond acceptors (Lipinski definition) is 5. The fourth-order valence-electron chi connectivity index (χ4n) is 2.48. The summed E-state index contributed by atoms with van der Waals surface area (Å²) >= 11 is 0. The van der Waals surface area contributed by atoms with Crippen LogP contribution in [0.4, 0.5) is 18.9 Å². The first-order valence-corrected chi connectivity index (χ1v) is 8.51. The Morgan fingerprint density at radius 2 is 1.83 bits per heavy atom. The van der Waals surface area contributed by atoms with E-state index in [1.165, 1.54) is 0 Å². The average molecular weight is 403 g/mol. The molecule has 0 radical (unpaired) electrons. The van der Waals surface area contributed by atoms with Gasteiger partial charge >= 0.3 is 6.18 Å². The SMILES string of the molecule is O=C(C[C@H]1N=C(N/N=C\c2ccccc2)NC1=O)Nc1ccc(C(F)(F)F)cc1. The van der Waals surface area contributed by atoms with Crippen LogP contribution in [0.3, 0.4) is 0 Å². The van der Waals surface area contributed by atoms with E-state index < -0.39 is 29.6 Å². The lowest BCUT2D eigenvalue weighted by Gasteiger charge is -2.09. The highest BCUT2D eigenvalue weighted by Crippen LogP contribution is 2.29. The molecule has 0 fully saturated rings. The minimum atomic E-state index is -4.45. The number of nitrogens with zero attached hydrogens (tertiary/aromatic N) is 2. The Hall–Kier alpha value is -3.69. The molecule has 10 heteroatoms. The maximum absolute atomic E-state index is 12.6. The van der Waals surface area contributed by atoms with Crippen LogP contribution < -0.4 is 16.1 Å². The molecule has 0 aromatic heterocycles. The van der Waals surface area contributed by atoms with Gasteiger partial charge in [0.25, 0.3) is 5.91 Å².